The zero-order chi connectivity index (χ0) is 14.4. The number of nitrogen functional groups attached to an aromatic ring is 1. The van der Waals surface area contributed by atoms with Gasteiger partial charge in [-0.2, -0.15) is 0 Å². The average molecular weight is 404 g/mol. The molecule has 0 aliphatic heterocycles. The number of benzene rings is 2. The lowest BCUT2D eigenvalue weighted by atomic mass is 10.2. The molecular weight excluding hydrogens is 398 g/mol. The summed E-state index contributed by atoms with van der Waals surface area (Å²) in [5.74, 6) is -1.67. The van der Waals surface area contributed by atoms with Gasteiger partial charge >= 0.3 is 0 Å². The van der Waals surface area contributed by atoms with Crippen LogP contribution in [0.3, 0.4) is 0 Å². The maximum absolute atomic E-state index is 13.9. The monoisotopic (exact) mass is 402 g/mol. The van der Waals surface area contributed by atoms with Gasteiger partial charge in [0.1, 0.15) is 22.7 Å². The quantitative estimate of drug-likeness (QED) is 0.589. The van der Waals surface area contributed by atoms with E-state index in [1.165, 1.54) is 0 Å². The molecule has 0 saturated carbocycles. The Hall–Kier alpha value is -1.47. The van der Waals surface area contributed by atoms with Crippen LogP contribution in [-0.4, -0.2) is 4.98 Å². The molecule has 2 N–H and O–H groups in total. The number of rotatable bonds is 1. The number of anilines is 1. The van der Waals surface area contributed by atoms with Gasteiger partial charge in [0.25, 0.3) is 0 Å². The summed E-state index contributed by atoms with van der Waals surface area (Å²) in [7, 11) is 0. The standard InChI is InChI=1S/C13H6Br2F2N2O/c14-5-1-7(16)11(8(17)2-5)13-19-10-4-6(15)3-9(18)12(10)20-13/h1-4H,18H2. The Kier molecular flexibility index (Phi) is 3.25. The van der Waals surface area contributed by atoms with Gasteiger partial charge in [-0.05, 0) is 24.3 Å². The van der Waals surface area contributed by atoms with Gasteiger partial charge in [-0.15, -0.1) is 0 Å². The van der Waals surface area contributed by atoms with Crippen molar-refractivity contribution in [2.24, 2.45) is 0 Å². The van der Waals surface area contributed by atoms with Crippen molar-refractivity contribution >= 4 is 48.6 Å². The van der Waals surface area contributed by atoms with E-state index in [1.54, 1.807) is 12.1 Å². The van der Waals surface area contributed by atoms with Crippen molar-refractivity contribution < 1.29 is 13.2 Å². The van der Waals surface area contributed by atoms with Crippen LogP contribution in [0.4, 0.5) is 14.5 Å². The van der Waals surface area contributed by atoms with Gasteiger partial charge in [-0.3, -0.25) is 0 Å². The molecular formula is C13H6Br2F2N2O. The second kappa shape index (κ2) is 4.82. The van der Waals surface area contributed by atoms with Crippen LogP contribution in [0.2, 0.25) is 0 Å². The van der Waals surface area contributed by atoms with Crippen molar-refractivity contribution in [3.8, 4) is 11.5 Å². The van der Waals surface area contributed by atoms with Crippen molar-refractivity contribution in [3.63, 3.8) is 0 Å². The number of fused-ring (bicyclic) bond motifs is 1. The molecule has 20 heavy (non-hydrogen) atoms. The van der Waals surface area contributed by atoms with Crippen LogP contribution in [0.5, 0.6) is 0 Å². The normalized spacial score (nSPS) is 11.2. The minimum absolute atomic E-state index is 0.146. The molecule has 0 amide bonds. The van der Waals surface area contributed by atoms with Gasteiger partial charge in [0.05, 0.1) is 5.69 Å². The fraction of sp³-hybridized carbons (Fsp3) is 0. The lowest BCUT2D eigenvalue weighted by Crippen LogP contribution is -1.90. The van der Waals surface area contributed by atoms with Crippen LogP contribution in [0.1, 0.15) is 0 Å². The van der Waals surface area contributed by atoms with E-state index in [0.29, 0.717) is 25.7 Å². The van der Waals surface area contributed by atoms with E-state index in [4.69, 9.17) is 10.2 Å². The summed E-state index contributed by atoms with van der Waals surface area (Å²) >= 11 is 6.29. The van der Waals surface area contributed by atoms with Gasteiger partial charge in [0, 0.05) is 8.95 Å². The lowest BCUT2D eigenvalue weighted by Gasteiger charge is -2.01. The maximum atomic E-state index is 13.9. The van der Waals surface area contributed by atoms with Crippen molar-refractivity contribution in [1.82, 2.24) is 4.98 Å². The molecule has 0 fully saturated rings. The topological polar surface area (TPSA) is 52.0 Å². The molecule has 0 aliphatic rings. The molecule has 3 aromatic rings. The first kappa shape index (κ1) is 13.5. The highest BCUT2D eigenvalue weighted by Gasteiger charge is 2.19. The Morgan fingerprint density at radius 1 is 1.00 bits per heavy atom. The molecule has 1 aromatic heterocycles. The number of oxazole rings is 1. The Morgan fingerprint density at radius 2 is 1.60 bits per heavy atom. The summed E-state index contributed by atoms with van der Waals surface area (Å²) in [6.07, 6.45) is 0. The van der Waals surface area contributed by atoms with Crippen LogP contribution < -0.4 is 5.73 Å². The number of hydrogen-bond donors (Lipinski definition) is 1. The van der Waals surface area contributed by atoms with E-state index < -0.39 is 11.6 Å². The van der Waals surface area contributed by atoms with E-state index in [-0.39, 0.29) is 11.5 Å². The van der Waals surface area contributed by atoms with E-state index in [0.717, 1.165) is 12.1 Å². The molecule has 2 aromatic carbocycles. The predicted molar refractivity (Wildman–Crippen MR) is 79.2 cm³/mol. The minimum Gasteiger partial charge on any atom is -0.434 e. The molecule has 0 spiro atoms. The summed E-state index contributed by atoms with van der Waals surface area (Å²) in [5, 5.41) is 0. The number of nitrogens with zero attached hydrogens (tertiary/aromatic N) is 1. The largest absolute Gasteiger partial charge is 0.434 e. The number of aromatic nitrogens is 1. The molecule has 1 heterocycles. The highest BCUT2D eigenvalue weighted by molar-refractivity contribution is 9.10. The second-order valence-corrected chi connectivity index (χ2v) is 5.94. The van der Waals surface area contributed by atoms with Crippen LogP contribution in [-0.2, 0) is 0 Å². The van der Waals surface area contributed by atoms with Crippen molar-refractivity contribution in [3.05, 3.63) is 44.8 Å². The van der Waals surface area contributed by atoms with Crippen LogP contribution in [0.15, 0.2) is 37.6 Å². The predicted octanol–water partition coefficient (Wildman–Crippen LogP) is 4.88. The van der Waals surface area contributed by atoms with Crippen LogP contribution in [0.25, 0.3) is 22.6 Å². The third-order valence-corrected chi connectivity index (χ3v) is 3.62. The molecule has 3 rings (SSSR count). The van der Waals surface area contributed by atoms with E-state index >= 15 is 0 Å². The summed E-state index contributed by atoms with van der Waals surface area (Å²) < 4.78 is 34.2. The Balaban J connectivity index is 2.28. The van der Waals surface area contributed by atoms with E-state index in [1.807, 2.05) is 0 Å². The van der Waals surface area contributed by atoms with Gasteiger partial charge < -0.3 is 10.2 Å². The lowest BCUT2D eigenvalue weighted by molar-refractivity contribution is 0.560. The summed E-state index contributed by atoms with van der Waals surface area (Å²) in [5.41, 5.74) is 6.53. The summed E-state index contributed by atoms with van der Waals surface area (Å²) in [6.45, 7) is 0. The van der Waals surface area contributed by atoms with Crippen LogP contribution >= 0.6 is 31.9 Å². The molecule has 3 nitrogen and oxygen atoms in total. The molecule has 0 aliphatic carbocycles. The Morgan fingerprint density at radius 3 is 2.25 bits per heavy atom. The highest BCUT2D eigenvalue weighted by Crippen LogP contribution is 2.33. The zero-order valence-electron chi connectivity index (χ0n) is 9.75. The first-order valence-electron chi connectivity index (χ1n) is 5.46. The molecule has 0 bridgehead atoms. The minimum atomic E-state index is -0.763. The van der Waals surface area contributed by atoms with Crippen LogP contribution in [0, 0.1) is 11.6 Å². The smallest absolute Gasteiger partial charge is 0.233 e. The Bertz CT molecular complexity index is 810. The second-order valence-electron chi connectivity index (χ2n) is 4.11. The molecule has 0 saturated heterocycles. The molecule has 7 heteroatoms. The molecule has 102 valence electrons. The van der Waals surface area contributed by atoms with Crippen molar-refractivity contribution in [2.75, 3.05) is 5.73 Å². The van der Waals surface area contributed by atoms with Gasteiger partial charge in [-0.25, -0.2) is 13.8 Å². The van der Waals surface area contributed by atoms with Gasteiger partial charge in [0.15, 0.2) is 5.58 Å². The zero-order valence-corrected chi connectivity index (χ0v) is 12.9. The average Bonchev–Trinajstić information content (AvgIpc) is 2.71. The summed E-state index contributed by atoms with van der Waals surface area (Å²) in [4.78, 5) is 4.08. The highest BCUT2D eigenvalue weighted by atomic mass is 79.9. The first-order chi connectivity index (χ1) is 9.45. The number of halogens is 4. The molecule has 0 atom stereocenters. The SMILES string of the molecule is Nc1cc(Br)cc2nc(-c3c(F)cc(Br)cc3F)oc12. The third-order valence-electron chi connectivity index (χ3n) is 2.70. The van der Waals surface area contributed by atoms with E-state index in [2.05, 4.69) is 36.8 Å². The fourth-order valence-electron chi connectivity index (χ4n) is 1.88. The summed E-state index contributed by atoms with van der Waals surface area (Å²) in [6, 6.07) is 5.58. The van der Waals surface area contributed by atoms with Gasteiger partial charge in [-0.1, -0.05) is 31.9 Å². The van der Waals surface area contributed by atoms with Gasteiger partial charge in [0.2, 0.25) is 5.89 Å². The van der Waals surface area contributed by atoms with Crippen molar-refractivity contribution in [2.45, 2.75) is 0 Å². The number of nitrogens with two attached hydrogens (primary N) is 1. The molecule has 0 radical (unpaired) electrons. The van der Waals surface area contributed by atoms with Crippen molar-refractivity contribution in [1.29, 1.82) is 0 Å². The molecule has 0 unspecified atom stereocenters. The number of hydrogen-bond acceptors (Lipinski definition) is 3. The van der Waals surface area contributed by atoms with E-state index in [9.17, 15) is 8.78 Å². The third kappa shape index (κ3) is 2.20. The maximum Gasteiger partial charge on any atom is 0.233 e. The Labute approximate surface area is 129 Å². The first-order valence-corrected chi connectivity index (χ1v) is 7.05. The fourth-order valence-corrected chi connectivity index (χ4v) is 2.74.